The summed E-state index contributed by atoms with van der Waals surface area (Å²) in [5, 5.41) is 9.30. The Balaban J connectivity index is 2.57. The minimum Gasteiger partial charge on any atom is -0.395 e. The van der Waals surface area contributed by atoms with E-state index >= 15 is 0 Å². The molecule has 0 aliphatic heterocycles. The van der Waals surface area contributed by atoms with Crippen LogP contribution in [0.3, 0.4) is 0 Å². The van der Waals surface area contributed by atoms with Gasteiger partial charge >= 0.3 is 0 Å². The Morgan fingerprint density at radius 1 is 1.33 bits per heavy atom. The second-order valence-corrected chi connectivity index (χ2v) is 5.29. The first-order chi connectivity index (χ1) is 8.83. The smallest absolute Gasteiger partial charge is 0.0618 e. The predicted molar refractivity (Wildman–Crippen MR) is 74.6 cm³/mol. The van der Waals surface area contributed by atoms with E-state index in [-0.39, 0.29) is 6.61 Å². The van der Waals surface area contributed by atoms with Crippen molar-refractivity contribution in [1.29, 1.82) is 0 Å². The van der Waals surface area contributed by atoms with Crippen molar-refractivity contribution in [3.63, 3.8) is 0 Å². The van der Waals surface area contributed by atoms with Crippen LogP contribution in [0.4, 0.5) is 0 Å². The highest BCUT2D eigenvalue weighted by molar-refractivity contribution is 4.82. The fourth-order valence-corrected chi connectivity index (χ4v) is 3.08. The number of hydrogen-bond donors (Lipinski definition) is 2. The first-order valence-electron chi connectivity index (χ1n) is 7.39. The van der Waals surface area contributed by atoms with Gasteiger partial charge < -0.3 is 15.6 Å². The van der Waals surface area contributed by atoms with Crippen molar-refractivity contribution in [2.75, 3.05) is 33.4 Å². The average molecular weight is 258 g/mol. The van der Waals surface area contributed by atoms with E-state index in [1.54, 1.807) is 7.11 Å². The molecule has 1 atom stereocenters. The van der Waals surface area contributed by atoms with Crippen LogP contribution in [0, 0.1) is 0 Å². The maximum absolute atomic E-state index is 9.30. The van der Waals surface area contributed by atoms with Gasteiger partial charge in [0, 0.05) is 25.7 Å². The van der Waals surface area contributed by atoms with Gasteiger partial charge in [0.2, 0.25) is 0 Å². The SMILES string of the molecule is COCC(CCCN)N(CCO)C1CCCCC1. The van der Waals surface area contributed by atoms with Crippen molar-refractivity contribution in [3.05, 3.63) is 0 Å². The Kier molecular flexibility index (Phi) is 8.59. The van der Waals surface area contributed by atoms with Gasteiger partial charge in [0.1, 0.15) is 0 Å². The standard InChI is InChI=1S/C14H30N2O2/c1-18-12-14(8-5-9-15)16(10-11-17)13-6-3-2-4-7-13/h13-14,17H,2-12,15H2,1H3. The minimum absolute atomic E-state index is 0.235. The monoisotopic (exact) mass is 258 g/mol. The van der Waals surface area contributed by atoms with E-state index in [2.05, 4.69) is 4.90 Å². The summed E-state index contributed by atoms with van der Waals surface area (Å²) in [6.45, 7) is 2.48. The van der Waals surface area contributed by atoms with Crippen molar-refractivity contribution in [2.24, 2.45) is 5.73 Å². The molecule has 4 heteroatoms. The zero-order valence-electron chi connectivity index (χ0n) is 11.8. The molecule has 0 aromatic rings. The lowest BCUT2D eigenvalue weighted by molar-refractivity contribution is 0.0301. The summed E-state index contributed by atoms with van der Waals surface area (Å²) in [5.41, 5.74) is 5.62. The summed E-state index contributed by atoms with van der Waals surface area (Å²) < 4.78 is 5.36. The molecule has 0 aromatic carbocycles. The Bertz CT molecular complexity index is 196. The molecular formula is C14H30N2O2. The van der Waals surface area contributed by atoms with Gasteiger partial charge in [-0.1, -0.05) is 19.3 Å². The van der Waals surface area contributed by atoms with Gasteiger partial charge in [-0.25, -0.2) is 0 Å². The van der Waals surface area contributed by atoms with Crippen LogP contribution in [0.1, 0.15) is 44.9 Å². The van der Waals surface area contributed by atoms with E-state index in [9.17, 15) is 5.11 Å². The maximum Gasteiger partial charge on any atom is 0.0618 e. The summed E-state index contributed by atoms with van der Waals surface area (Å²) >= 11 is 0. The highest BCUT2D eigenvalue weighted by atomic mass is 16.5. The van der Waals surface area contributed by atoms with E-state index in [0.717, 1.165) is 32.5 Å². The molecular weight excluding hydrogens is 228 g/mol. The molecule has 1 saturated carbocycles. The molecule has 0 aromatic heterocycles. The topological polar surface area (TPSA) is 58.7 Å². The summed E-state index contributed by atoms with van der Waals surface area (Å²) in [6.07, 6.45) is 8.64. The van der Waals surface area contributed by atoms with Crippen molar-refractivity contribution in [2.45, 2.75) is 57.0 Å². The van der Waals surface area contributed by atoms with Gasteiger partial charge in [0.25, 0.3) is 0 Å². The van der Waals surface area contributed by atoms with Gasteiger partial charge in [-0.05, 0) is 32.2 Å². The molecule has 0 spiro atoms. The van der Waals surface area contributed by atoms with Gasteiger partial charge in [0.05, 0.1) is 13.2 Å². The summed E-state index contributed by atoms with van der Waals surface area (Å²) in [4.78, 5) is 2.47. The van der Waals surface area contributed by atoms with Crippen LogP contribution in [0.2, 0.25) is 0 Å². The molecule has 108 valence electrons. The number of nitrogens with two attached hydrogens (primary N) is 1. The third-order valence-corrected chi connectivity index (χ3v) is 3.97. The van der Waals surface area contributed by atoms with Crippen LogP contribution >= 0.6 is 0 Å². The summed E-state index contributed by atoms with van der Waals surface area (Å²) in [5.74, 6) is 0. The molecule has 1 aliphatic carbocycles. The largest absolute Gasteiger partial charge is 0.395 e. The second-order valence-electron chi connectivity index (χ2n) is 5.29. The number of rotatable bonds is 9. The lowest BCUT2D eigenvalue weighted by Crippen LogP contribution is -2.47. The van der Waals surface area contributed by atoms with Crippen LogP contribution in [0.15, 0.2) is 0 Å². The van der Waals surface area contributed by atoms with Crippen LogP contribution in [-0.4, -0.2) is 55.5 Å². The molecule has 1 aliphatic rings. The first kappa shape index (κ1) is 15.9. The lowest BCUT2D eigenvalue weighted by Gasteiger charge is -2.39. The first-order valence-corrected chi connectivity index (χ1v) is 7.39. The number of methoxy groups -OCH3 is 1. The number of ether oxygens (including phenoxy) is 1. The number of nitrogens with zero attached hydrogens (tertiary/aromatic N) is 1. The van der Waals surface area contributed by atoms with Gasteiger partial charge in [-0.15, -0.1) is 0 Å². The number of aliphatic hydroxyl groups is 1. The molecule has 4 nitrogen and oxygen atoms in total. The fourth-order valence-electron chi connectivity index (χ4n) is 3.08. The van der Waals surface area contributed by atoms with Crippen molar-refractivity contribution < 1.29 is 9.84 Å². The molecule has 0 bridgehead atoms. The van der Waals surface area contributed by atoms with Crippen LogP contribution < -0.4 is 5.73 Å². The molecule has 3 N–H and O–H groups in total. The molecule has 1 unspecified atom stereocenters. The zero-order valence-corrected chi connectivity index (χ0v) is 11.8. The summed E-state index contributed by atoms with van der Waals surface area (Å²) in [6, 6.07) is 1.04. The lowest BCUT2D eigenvalue weighted by atomic mass is 9.92. The Hall–Kier alpha value is -0.160. The van der Waals surface area contributed by atoms with Gasteiger partial charge in [-0.2, -0.15) is 0 Å². The van der Waals surface area contributed by atoms with Crippen LogP contribution in [-0.2, 0) is 4.74 Å². The molecule has 0 amide bonds. The Morgan fingerprint density at radius 3 is 2.61 bits per heavy atom. The molecule has 0 saturated heterocycles. The predicted octanol–water partition coefficient (Wildman–Crippen LogP) is 1.37. The molecule has 1 rings (SSSR count). The highest BCUT2D eigenvalue weighted by Crippen LogP contribution is 2.25. The Labute approximate surface area is 111 Å². The highest BCUT2D eigenvalue weighted by Gasteiger charge is 2.26. The maximum atomic E-state index is 9.30. The average Bonchev–Trinajstić information content (AvgIpc) is 2.42. The van der Waals surface area contributed by atoms with E-state index in [4.69, 9.17) is 10.5 Å². The normalized spacial score (nSPS) is 19.3. The Morgan fingerprint density at radius 2 is 2.06 bits per heavy atom. The molecule has 1 fully saturated rings. The third-order valence-electron chi connectivity index (χ3n) is 3.97. The van der Waals surface area contributed by atoms with Gasteiger partial charge in [0.15, 0.2) is 0 Å². The second kappa shape index (κ2) is 9.73. The molecule has 0 radical (unpaired) electrons. The third kappa shape index (κ3) is 5.22. The van der Waals surface area contributed by atoms with Crippen molar-refractivity contribution in [3.8, 4) is 0 Å². The van der Waals surface area contributed by atoms with Crippen molar-refractivity contribution >= 4 is 0 Å². The summed E-state index contributed by atoms with van der Waals surface area (Å²) in [7, 11) is 1.76. The number of aliphatic hydroxyl groups excluding tert-OH is 1. The van der Waals surface area contributed by atoms with Crippen LogP contribution in [0.5, 0.6) is 0 Å². The minimum atomic E-state index is 0.235. The van der Waals surface area contributed by atoms with E-state index < -0.39 is 0 Å². The number of hydrogen-bond acceptors (Lipinski definition) is 4. The van der Waals surface area contributed by atoms with Crippen LogP contribution in [0.25, 0.3) is 0 Å². The van der Waals surface area contributed by atoms with E-state index in [1.807, 2.05) is 0 Å². The van der Waals surface area contributed by atoms with E-state index in [0.29, 0.717) is 12.1 Å². The quantitative estimate of drug-likeness (QED) is 0.656. The van der Waals surface area contributed by atoms with Crippen molar-refractivity contribution in [1.82, 2.24) is 4.90 Å². The van der Waals surface area contributed by atoms with E-state index in [1.165, 1.54) is 32.1 Å². The molecule has 0 heterocycles. The zero-order chi connectivity index (χ0) is 13.2. The molecule has 18 heavy (non-hydrogen) atoms. The fraction of sp³-hybridized carbons (Fsp3) is 1.00. The van der Waals surface area contributed by atoms with Gasteiger partial charge in [-0.3, -0.25) is 4.90 Å².